The standard InChI is InChI=1S/C28H35ClN4O3/c29-22-8-4-20(5-9-22)6-11-27(34)33-13-12-32(19-26(33)28(30)35)25-3-1-2-21-7-10-23(18-24(21)25)31-14-16-36-17-15-31/h1-5,8-9,23,26H,6-7,10-19H2,(H2,30,35). The van der Waals surface area contributed by atoms with Gasteiger partial charge in [0.15, 0.2) is 0 Å². The zero-order valence-electron chi connectivity index (χ0n) is 20.7. The summed E-state index contributed by atoms with van der Waals surface area (Å²) in [5.41, 5.74) is 10.8. The number of hydrogen-bond acceptors (Lipinski definition) is 5. The summed E-state index contributed by atoms with van der Waals surface area (Å²) in [4.78, 5) is 32.1. The van der Waals surface area contributed by atoms with Gasteiger partial charge >= 0.3 is 0 Å². The number of carbonyl (C=O) groups is 2. The van der Waals surface area contributed by atoms with Gasteiger partial charge in [0.05, 0.1) is 13.2 Å². The second-order valence-electron chi connectivity index (χ2n) is 10.0. The van der Waals surface area contributed by atoms with E-state index in [1.165, 1.54) is 16.8 Å². The van der Waals surface area contributed by atoms with Crippen LogP contribution in [-0.4, -0.2) is 79.6 Å². The van der Waals surface area contributed by atoms with Crippen molar-refractivity contribution in [2.75, 3.05) is 50.8 Å². The number of primary amides is 1. The molecule has 2 N–H and O–H groups in total. The summed E-state index contributed by atoms with van der Waals surface area (Å²) in [6.45, 7) is 5.20. The van der Waals surface area contributed by atoms with E-state index in [2.05, 4.69) is 28.0 Å². The van der Waals surface area contributed by atoms with Gasteiger partial charge in [-0.15, -0.1) is 0 Å². The molecule has 2 heterocycles. The Morgan fingerprint density at radius 1 is 1.03 bits per heavy atom. The van der Waals surface area contributed by atoms with Crippen molar-refractivity contribution >= 4 is 29.1 Å². The molecule has 3 aliphatic rings. The fourth-order valence-corrected chi connectivity index (χ4v) is 6.02. The van der Waals surface area contributed by atoms with Crippen LogP contribution in [0.2, 0.25) is 5.02 Å². The highest BCUT2D eigenvalue weighted by atomic mass is 35.5. The van der Waals surface area contributed by atoms with E-state index in [1.807, 2.05) is 24.3 Å². The van der Waals surface area contributed by atoms with E-state index in [1.54, 1.807) is 4.90 Å². The molecule has 0 saturated carbocycles. The minimum Gasteiger partial charge on any atom is -0.379 e. The molecule has 0 aromatic heterocycles. The van der Waals surface area contributed by atoms with Crippen molar-refractivity contribution in [3.05, 3.63) is 64.2 Å². The SMILES string of the molecule is NC(=O)C1CN(c2cccc3c2CC(N2CCOCC2)CC3)CCN1C(=O)CCc1ccc(Cl)cc1. The summed E-state index contributed by atoms with van der Waals surface area (Å²) in [6, 6.07) is 13.9. The van der Waals surface area contributed by atoms with Crippen molar-refractivity contribution < 1.29 is 14.3 Å². The highest BCUT2D eigenvalue weighted by Crippen LogP contribution is 2.34. The molecule has 2 unspecified atom stereocenters. The lowest BCUT2D eigenvalue weighted by Gasteiger charge is -2.43. The third-order valence-corrected chi connectivity index (χ3v) is 8.16. The number of benzene rings is 2. The number of rotatable bonds is 6. The number of nitrogens with zero attached hydrogens (tertiary/aromatic N) is 3. The van der Waals surface area contributed by atoms with Crippen molar-refractivity contribution in [3.8, 4) is 0 Å². The first-order valence-electron chi connectivity index (χ1n) is 13.0. The molecule has 192 valence electrons. The third-order valence-electron chi connectivity index (χ3n) is 7.91. The number of piperazine rings is 1. The summed E-state index contributed by atoms with van der Waals surface area (Å²) in [5, 5.41) is 0.675. The predicted molar refractivity (Wildman–Crippen MR) is 141 cm³/mol. The van der Waals surface area contributed by atoms with Gasteiger partial charge in [-0.25, -0.2) is 0 Å². The van der Waals surface area contributed by atoms with E-state index in [9.17, 15) is 9.59 Å². The van der Waals surface area contributed by atoms with Crippen molar-refractivity contribution in [1.82, 2.24) is 9.80 Å². The highest BCUT2D eigenvalue weighted by molar-refractivity contribution is 6.30. The number of nitrogens with two attached hydrogens (primary N) is 1. The Bertz CT molecular complexity index is 1090. The van der Waals surface area contributed by atoms with E-state index >= 15 is 0 Å². The maximum atomic E-state index is 13.1. The molecule has 8 heteroatoms. The van der Waals surface area contributed by atoms with Crippen LogP contribution in [0.5, 0.6) is 0 Å². The molecular weight excluding hydrogens is 476 g/mol. The topological polar surface area (TPSA) is 79.1 Å². The quantitative estimate of drug-likeness (QED) is 0.646. The van der Waals surface area contributed by atoms with Crippen LogP contribution in [0.1, 0.15) is 29.5 Å². The van der Waals surface area contributed by atoms with Gasteiger partial charge in [-0.3, -0.25) is 14.5 Å². The van der Waals surface area contributed by atoms with Gasteiger partial charge in [-0.05, 0) is 60.6 Å². The molecule has 2 aromatic carbocycles. The number of fused-ring (bicyclic) bond motifs is 1. The zero-order chi connectivity index (χ0) is 25.1. The maximum Gasteiger partial charge on any atom is 0.242 e. The lowest BCUT2D eigenvalue weighted by Crippen LogP contribution is -2.60. The van der Waals surface area contributed by atoms with Crippen molar-refractivity contribution in [3.63, 3.8) is 0 Å². The summed E-state index contributed by atoms with van der Waals surface area (Å²) in [7, 11) is 0. The minimum absolute atomic E-state index is 0.0316. The van der Waals surface area contributed by atoms with Gasteiger partial charge in [0.1, 0.15) is 6.04 Å². The molecular formula is C28H35ClN4O3. The van der Waals surface area contributed by atoms with Crippen molar-refractivity contribution in [2.24, 2.45) is 5.73 Å². The van der Waals surface area contributed by atoms with Crippen LogP contribution in [0.15, 0.2) is 42.5 Å². The molecule has 2 fully saturated rings. The van der Waals surface area contributed by atoms with Crippen LogP contribution in [0, 0.1) is 0 Å². The lowest BCUT2D eigenvalue weighted by molar-refractivity contribution is -0.139. The molecule has 0 radical (unpaired) electrons. The molecule has 5 rings (SSSR count). The van der Waals surface area contributed by atoms with Gasteiger partial charge in [-0.1, -0.05) is 35.9 Å². The third kappa shape index (κ3) is 5.53. The fourth-order valence-electron chi connectivity index (χ4n) is 5.89. The van der Waals surface area contributed by atoms with Gasteiger partial charge in [0, 0.05) is 55.9 Å². The first kappa shape index (κ1) is 25.1. The Kier molecular flexibility index (Phi) is 7.79. The average Bonchev–Trinajstić information content (AvgIpc) is 2.92. The number of amides is 2. The Hall–Kier alpha value is -2.61. The molecule has 36 heavy (non-hydrogen) atoms. The molecule has 0 bridgehead atoms. The van der Waals surface area contributed by atoms with Gasteiger partial charge in [0.2, 0.25) is 11.8 Å². The van der Waals surface area contributed by atoms with Gasteiger partial charge < -0.3 is 20.3 Å². The zero-order valence-corrected chi connectivity index (χ0v) is 21.5. The number of ether oxygens (including phenoxy) is 1. The summed E-state index contributed by atoms with van der Waals surface area (Å²) < 4.78 is 5.56. The number of carbonyl (C=O) groups excluding carboxylic acids is 2. The second-order valence-corrected chi connectivity index (χ2v) is 10.5. The fraction of sp³-hybridized carbons (Fsp3) is 0.500. The Balaban J connectivity index is 1.28. The Labute approximate surface area is 218 Å². The number of halogens is 1. The maximum absolute atomic E-state index is 13.1. The second kappa shape index (κ2) is 11.2. The highest BCUT2D eigenvalue weighted by Gasteiger charge is 2.36. The van der Waals surface area contributed by atoms with E-state index in [4.69, 9.17) is 22.1 Å². The largest absolute Gasteiger partial charge is 0.379 e. The molecule has 2 aromatic rings. The monoisotopic (exact) mass is 510 g/mol. The summed E-state index contributed by atoms with van der Waals surface area (Å²) in [6.07, 6.45) is 4.18. The van der Waals surface area contributed by atoms with Crippen LogP contribution in [0.4, 0.5) is 5.69 Å². The van der Waals surface area contributed by atoms with E-state index < -0.39 is 11.9 Å². The number of morpholine rings is 1. The number of aryl methyl sites for hydroxylation is 2. The Morgan fingerprint density at radius 3 is 2.56 bits per heavy atom. The van der Waals surface area contributed by atoms with Crippen LogP contribution in [0.3, 0.4) is 0 Å². The average molecular weight is 511 g/mol. The normalized spacial score (nSPS) is 22.8. The van der Waals surface area contributed by atoms with Crippen molar-refractivity contribution in [2.45, 2.75) is 44.2 Å². The molecule has 1 aliphatic carbocycles. The van der Waals surface area contributed by atoms with Crippen LogP contribution in [-0.2, 0) is 33.6 Å². The molecule has 2 aliphatic heterocycles. The molecule has 2 atom stereocenters. The van der Waals surface area contributed by atoms with Crippen molar-refractivity contribution in [1.29, 1.82) is 0 Å². The summed E-state index contributed by atoms with van der Waals surface area (Å²) in [5.74, 6) is -0.480. The van der Waals surface area contributed by atoms with E-state index in [0.717, 1.165) is 51.1 Å². The lowest BCUT2D eigenvalue weighted by atomic mass is 9.85. The number of hydrogen-bond donors (Lipinski definition) is 1. The first-order chi connectivity index (χ1) is 17.5. The number of anilines is 1. The Morgan fingerprint density at radius 2 is 1.81 bits per heavy atom. The van der Waals surface area contributed by atoms with Crippen LogP contribution >= 0.6 is 11.6 Å². The van der Waals surface area contributed by atoms with E-state index in [-0.39, 0.29) is 5.91 Å². The first-order valence-corrected chi connectivity index (χ1v) is 13.4. The minimum atomic E-state index is -0.633. The van der Waals surface area contributed by atoms with Gasteiger partial charge in [-0.2, -0.15) is 0 Å². The molecule has 0 spiro atoms. The molecule has 2 saturated heterocycles. The van der Waals surface area contributed by atoms with Gasteiger partial charge in [0.25, 0.3) is 0 Å². The summed E-state index contributed by atoms with van der Waals surface area (Å²) >= 11 is 5.97. The molecule has 7 nitrogen and oxygen atoms in total. The van der Waals surface area contributed by atoms with E-state index in [0.29, 0.717) is 43.5 Å². The predicted octanol–water partition coefficient (Wildman–Crippen LogP) is 2.66. The smallest absolute Gasteiger partial charge is 0.242 e. The van der Waals surface area contributed by atoms with Crippen LogP contribution < -0.4 is 10.6 Å². The molecule has 2 amide bonds. The van der Waals surface area contributed by atoms with Crippen LogP contribution in [0.25, 0.3) is 0 Å².